The standard InChI is InChI=1S/C11H11FO2/c1-8(4-5-13)11-3-2-10(12)6-9(11)7-14/h2-3,5-8H,4H2,1H3. The number of aldehydes is 2. The molecule has 0 aromatic heterocycles. The molecule has 1 unspecified atom stereocenters. The van der Waals surface area contributed by atoms with Gasteiger partial charge in [0.1, 0.15) is 18.4 Å². The van der Waals surface area contributed by atoms with Crippen LogP contribution in [0.5, 0.6) is 0 Å². The SMILES string of the molecule is CC(CC=O)c1ccc(F)cc1C=O. The number of benzene rings is 1. The zero-order valence-electron chi connectivity index (χ0n) is 7.87. The minimum absolute atomic E-state index is 0.0479. The van der Waals surface area contributed by atoms with Crippen molar-refractivity contribution in [1.82, 2.24) is 0 Å². The predicted octanol–water partition coefficient (Wildman–Crippen LogP) is 2.33. The van der Waals surface area contributed by atoms with Crippen LogP contribution < -0.4 is 0 Å². The Bertz CT molecular complexity index is 347. The monoisotopic (exact) mass is 194 g/mol. The second kappa shape index (κ2) is 4.65. The highest BCUT2D eigenvalue weighted by Crippen LogP contribution is 2.21. The van der Waals surface area contributed by atoms with Crippen LogP contribution in [0, 0.1) is 5.82 Å². The summed E-state index contributed by atoms with van der Waals surface area (Å²) in [5.74, 6) is -0.484. The van der Waals surface area contributed by atoms with Crippen molar-refractivity contribution in [3.63, 3.8) is 0 Å². The van der Waals surface area contributed by atoms with Gasteiger partial charge in [-0.1, -0.05) is 13.0 Å². The molecule has 0 saturated heterocycles. The number of hydrogen-bond acceptors (Lipinski definition) is 2. The van der Waals surface area contributed by atoms with Crippen molar-refractivity contribution in [2.75, 3.05) is 0 Å². The lowest BCUT2D eigenvalue weighted by molar-refractivity contribution is -0.108. The van der Waals surface area contributed by atoms with Crippen LogP contribution in [0.25, 0.3) is 0 Å². The molecule has 74 valence electrons. The Morgan fingerprint density at radius 2 is 2.14 bits per heavy atom. The molecular formula is C11H11FO2. The number of rotatable bonds is 4. The molecular weight excluding hydrogens is 183 g/mol. The number of carbonyl (C=O) groups is 2. The number of halogens is 1. The molecule has 0 aliphatic carbocycles. The van der Waals surface area contributed by atoms with Gasteiger partial charge in [-0.15, -0.1) is 0 Å². The van der Waals surface area contributed by atoms with Crippen LogP contribution in [-0.2, 0) is 4.79 Å². The lowest BCUT2D eigenvalue weighted by Crippen LogP contribution is -2.00. The Morgan fingerprint density at radius 3 is 2.71 bits per heavy atom. The average Bonchev–Trinajstić information content (AvgIpc) is 2.17. The molecule has 0 heterocycles. The van der Waals surface area contributed by atoms with Crippen LogP contribution in [0.1, 0.15) is 35.2 Å². The molecule has 0 amide bonds. The van der Waals surface area contributed by atoms with E-state index in [1.807, 2.05) is 6.92 Å². The van der Waals surface area contributed by atoms with Gasteiger partial charge in [0.15, 0.2) is 0 Å². The van der Waals surface area contributed by atoms with E-state index in [-0.39, 0.29) is 5.92 Å². The van der Waals surface area contributed by atoms with Crippen molar-refractivity contribution in [2.45, 2.75) is 19.3 Å². The number of carbonyl (C=O) groups excluding carboxylic acids is 2. The molecule has 14 heavy (non-hydrogen) atoms. The summed E-state index contributed by atoms with van der Waals surface area (Å²) in [5.41, 5.74) is 1.04. The van der Waals surface area contributed by atoms with E-state index in [9.17, 15) is 14.0 Å². The summed E-state index contributed by atoms with van der Waals surface area (Å²) in [6, 6.07) is 4.03. The molecule has 0 saturated carbocycles. The van der Waals surface area contributed by atoms with E-state index in [2.05, 4.69) is 0 Å². The Balaban J connectivity index is 3.06. The van der Waals surface area contributed by atoms with Gasteiger partial charge in [-0.25, -0.2) is 4.39 Å². The van der Waals surface area contributed by atoms with Crippen LogP contribution in [0.4, 0.5) is 4.39 Å². The molecule has 1 atom stereocenters. The molecule has 3 heteroatoms. The highest BCUT2D eigenvalue weighted by Gasteiger charge is 2.10. The van der Waals surface area contributed by atoms with Crippen LogP contribution in [0.2, 0.25) is 0 Å². The summed E-state index contributed by atoms with van der Waals surface area (Å²) in [5, 5.41) is 0. The molecule has 0 fully saturated rings. The van der Waals surface area contributed by atoms with Crippen molar-refractivity contribution in [3.05, 3.63) is 35.1 Å². The Labute approximate surface area is 81.7 Å². The molecule has 2 nitrogen and oxygen atoms in total. The lowest BCUT2D eigenvalue weighted by Gasteiger charge is -2.10. The van der Waals surface area contributed by atoms with Gasteiger partial charge in [-0.05, 0) is 23.6 Å². The summed E-state index contributed by atoms with van der Waals surface area (Å²) in [7, 11) is 0. The highest BCUT2D eigenvalue weighted by atomic mass is 19.1. The summed E-state index contributed by atoms with van der Waals surface area (Å²) < 4.78 is 12.8. The van der Waals surface area contributed by atoms with E-state index in [1.165, 1.54) is 12.1 Å². The zero-order valence-corrected chi connectivity index (χ0v) is 7.87. The second-order valence-corrected chi connectivity index (χ2v) is 3.19. The molecule has 0 aliphatic rings. The molecule has 1 aromatic carbocycles. The zero-order chi connectivity index (χ0) is 10.6. The maximum absolute atomic E-state index is 12.8. The second-order valence-electron chi connectivity index (χ2n) is 3.19. The van der Waals surface area contributed by atoms with E-state index in [4.69, 9.17) is 0 Å². The van der Waals surface area contributed by atoms with Crippen LogP contribution in [0.15, 0.2) is 18.2 Å². The maximum Gasteiger partial charge on any atom is 0.150 e. The van der Waals surface area contributed by atoms with Crippen molar-refractivity contribution < 1.29 is 14.0 Å². The van der Waals surface area contributed by atoms with Gasteiger partial charge in [-0.2, -0.15) is 0 Å². The van der Waals surface area contributed by atoms with E-state index >= 15 is 0 Å². The third-order valence-corrected chi connectivity index (χ3v) is 2.16. The molecule has 0 spiro atoms. The third-order valence-electron chi connectivity index (χ3n) is 2.16. The normalized spacial score (nSPS) is 12.1. The van der Waals surface area contributed by atoms with Gasteiger partial charge < -0.3 is 4.79 Å². The van der Waals surface area contributed by atoms with Gasteiger partial charge in [0.05, 0.1) is 0 Å². The Kier molecular flexibility index (Phi) is 3.51. The first-order valence-corrected chi connectivity index (χ1v) is 4.37. The van der Waals surface area contributed by atoms with Crippen molar-refractivity contribution in [1.29, 1.82) is 0 Å². The minimum atomic E-state index is -0.436. The molecule has 0 radical (unpaired) electrons. The van der Waals surface area contributed by atoms with Crippen molar-refractivity contribution in [2.24, 2.45) is 0 Å². The van der Waals surface area contributed by atoms with Gasteiger partial charge in [0.25, 0.3) is 0 Å². The average molecular weight is 194 g/mol. The summed E-state index contributed by atoms with van der Waals surface area (Å²) in [6.45, 7) is 1.83. The fourth-order valence-electron chi connectivity index (χ4n) is 1.37. The first-order chi connectivity index (χ1) is 6.69. The smallest absolute Gasteiger partial charge is 0.150 e. The topological polar surface area (TPSA) is 34.1 Å². The van der Waals surface area contributed by atoms with Crippen LogP contribution >= 0.6 is 0 Å². The van der Waals surface area contributed by atoms with Crippen molar-refractivity contribution in [3.8, 4) is 0 Å². The summed E-state index contributed by atoms with van der Waals surface area (Å²) in [6.07, 6.45) is 1.74. The van der Waals surface area contributed by atoms with E-state index < -0.39 is 5.82 Å². The third kappa shape index (κ3) is 2.25. The fourth-order valence-corrected chi connectivity index (χ4v) is 1.37. The molecule has 0 aliphatic heterocycles. The first-order valence-electron chi connectivity index (χ1n) is 4.37. The molecule has 0 bridgehead atoms. The highest BCUT2D eigenvalue weighted by molar-refractivity contribution is 5.77. The van der Waals surface area contributed by atoms with Gasteiger partial charge in [-0.3, -0.25) is 4.79 Å². The molecule has 1 aromatic rings. The van der Waals surface area contributed by atoms with Crippen molar-refractivity contribution >= 4 is 12.6 Å². The van der Waals surface area contributed by atoms with E-state index in [0.29, 0.717) is 23.8 Å². The van der Waals surface area contributed by atoms with Crippen LogP contribution in [0.3, 0.4) is 0 Å². The van der Waals surface area contributed by atoms with Crippen LogP contribution in [-0.4, -0.2) is 12.6 Å². The molecule has 1 rings (SSSR count). The van der Waals surface area contributed by atoms with Gasteiger partial charge in [0.2, 0.25) is 0 Å². The lowest BCUT2D eigenvalue weighted by atomic mass is 9.94. The predicted molar refractivity (Wildman–Crippen MR) is 50.9 cm³/mol. The van der Waals surface area contributed by atoms with E-state index in [0.717, 1.165) is 6.29 Å². The number of hydrogen-bond donors (Lipinski definition) is 0. The fraction of sp³-hybridized carbons (Fsp3) is 0.273. The summed E-state index contributed by atoms with van der Waals surface area (Å²) in [4.78, 5) is 20.9. The van der Waals surface area contributed by atoms with Gasteiger partial charge >= 0.3 is 0 Å². The minimum Gasteiger partial charge on any atom is -0.303 e. The largest absolute Gasteiger partial charge is 0.303 e. The first kappa shape index (κ1) is 10.6. The van der Waals surface area contributed by atoms with Gasteiger partial charge in [0, 0.05) is 12.0 Å². The maximum atomic E-state index is 12.8. The van der Waals surface area contributed by atoms with E-state index in [1.54, 1.807) is 6.07 Å². The Morgan fingerprint density at radius 1 is 1.43 bits per heavy atom. The quantitative estimate of drug-likeness (QED) is 0.689. The Hall–Kier alpha value is -1.51. The summed E-state index contributed by atoms with van der Waals surface area (Å²) >= 11 is 0. The molecule has 0 N–H and O–H groups in total.